The maximum Gasteiger partial charge on any atom is 0.151 e. The fourth-order valence-corrected chi connectivity index (χ4v) is 1.66. The van der Waals surface area contributed by atoms with Gasteiger partial charge in [0, 0.05) is 25.4 Å². The van der Waals surface area contributed by atoms with Crippen molar-refractivity contribution in [3.63, 3.8) is 0 Å². The van der Waals surface area contributed by atoms with Crippen LogP contribution in [-0.4, -0.2) is 24.7 Å². The number of aryl methyl sites for hydroxylation is 5. The third-order valence-electron chi connectivity index (χ3n) is 2.86. The Bertz CT molecular complexity index is 503. The lowest BCUT2D eigenvalue weighted by Gasteiger charge is -2.04. The van der Waals surface area contributed by atoms with Gasteiger partial charge in [-0.25, -0.2) is 9.97 Å². The summed E-state index contributed by atoms with van der Waals surface area (Å²) in [6, 6.07) is 0. The molecule has 0 unspecified atom stereocenters. The molecular formula is C12H17N5. The van der Waals surface area contributed by atoms with Crippen LogP contribution < -0.4 is 0 Å². The summed E-state index contributed by atoms with van der Waals surface area (Å²) in [4.78, 5) is 8.60. The summed E-state index contributed by atoms with van der Waals surface area (Å²) >= 11 is 0. The summed E-state index contributed by atoms with van der Waals surface area (Å²) in [6.07, 6.45) is 5.67. The molecule has 2 aromatic rings. The minimum absolute atomic E-state index is 0.825. The van der Waals surface area contributed by atoms with E-state index in [-0.39, 0.29) is 0 Å². The molecule has 2 aromatic heterocycles. The predicted octanol–water partition coefficient (Wildman–Crippen LogP) is 1.63. The van der Waals surface area contributed by atoms with Gasteiger partial charge in [-0.15, -0.1) is 5.10 Å². The number of hydrogen-bond acceptors (Lipinski definition) is 4. The zero-order chi connectivity index (χ0) is 12.3. The van der Waals surface area contributed by atoms with Gasteiger partial charge in [0.15, 0.2) is 5.82 Å². The molecule has 0 saturated carbocycles. The molecule has 2 heterocycles. The topological polar surface area (TPSA) is 56.5 Å². The third kappa shape index (κ3) is 2.87. The number of aromatic nitrogens is 5. The highest BCUT2D eigenvalue weighted by atomic mass is 15.2. The molecule has 0 spiro atoms. The summed E-state index contributed by atoms with van der Waals surface area (Å²) in [5.41, 5.74) is 1.87. The smallest absolute Gasteiger partial charge is 0.151 e. The highest BCUT2D eigenvalue weighted by molar-refractivity contribution is 5.05. The largest absolute Gasteiger partial charge is 0.335 e. The molecule has 0 fully saturated rings. The predicted molar refractivity (Wildman–Crippen MR) is 64.6 cm³/mol. The Kier molecular flexibility index (Phi) is 3.46. The molecule has 5 heteroatoms. The lowest BCUT2D eigenvalue weighted by Crippen LogP contribution is -2.05. The first kappa shape index (κ1) is 11.7. The standard InChI is InChI=1S/C12H17N5/c1-9-10(2)15-16-12(14-9)5-4-7-17-8-6-13-11(17)3/h6,8H,4-5,7H2,1-3H3. The van der Waals surface area contributed by atoms with Crippen LogP contribution in [0.3, 0.4) is 0 Å². The second kappa shape index (κ2) is 5.03. The molecule has 90 valence electrons. The van der Waals surface area contributed by atoms with Crippen molar-refractivity contribution in [2.45, 2.75) is 40.2 Å². The maximum atomic E-state index is 4.42. The van der Waals surface area contributed by atoms with Crippen molar-refractivity contribution in [1.82, 2.24) is 24.7 Å². The average Bonchev–Trinajstić information content (AvgIpc) is 2.70. The monoisotopic (exact) mass is 231 g/mol. The summed E-state index contributed by atoms with van der Waals surface area (Å²) in [7, 11) is 0. The van der Waals surface area contributed by atoms with Crippen LogP contribution in [0, 0.1) is 20.8 Å². The number of hydrogen-bond donors (Lipinski definition) is 0. The van der Waals surface area contributed by atoms with Gasteiger partial charge < -0.3 is 4.57 Å². The molecule has 0 aliphatic carbocycles. The Hall–Kier alpha value is -1.78. The average molecular weight is 231 g/mol. The third-order valence-corrected chi connectivity index (χ3v) is 2.86. The molecule has 0 amide bonds. The van der Waals surface area contributed by atoms with Crippen LogP contribution in [0.4, 0.5) is 0 Å². The van der Waals surface area contributed by atoms with E-state index in [0.717, 1.165) is 42.4 Å². The van der Waals surface area contributed by atoms with Gasteiger partial charge in [0.05, 0.1) is 11.4 Å². The number of imidazole rings is 1. The van der Waals surface area contributed by atoms with Crippen LogP contribution >= 0.6 is 0 Å². The van der Waals surface area contributed by atoms with Gasteiger partial charge in [-0.2, -0.15) is 5.10 Å². The van der Waals surface area contributed by atoms with Crippen LogP contribution in [0.1, 0.15) is 29.5 Å². The van der Waals surface area contributed by atoms with Crippen molar-refractivity contribution in [2.24, 2.45) is 0 Å². The molecule has 0 N–H and O–H groups in total. The molecule has 0 bridgehead atoms. The van der Waals surface area contributed by atoms with Gasteiger partial charge >= 0.3 is 0 Å². The van der Waals surface area contributed by atoms with Crippen molar-refractivity contribution in [3.8, 4) is 0 Å². The summed E-state index contributed by atoms with van der Waals surface area (Å²) in [5.74, 6) is 1.87. The fourth-order valence-electron chi connectivity index (χ4n) is 1.66. The van der Waals surface area contributed by atoms with Gasteiger partial charge in [-0.1, -0.05) is 0 Å². The highest BCUT2D eigenvalue weighted by Gasteiger charge is 2.02. The van der Waals surface area contributed by atoms with E-state index in [4.69, 9.17) is 0 Å². The Morgan fingerprint density at radius 3 is 2.59 bits per heavy atom. The molecule has 5 nitrogen and oxygen atoms in total. The first-order valence-corrected chi connectivity index (χ1v) is 5.81. The highest BCUT2D eigenvalue weighted by Crippen LogP contribution is 2.03. The summed E-state index contributed by atoms with van der Waals surface area (Å²) in [6.45, 7) is 6.84. The Morgan fingerprint density at radius 2 is 1.94 bits per heavy atom. The van der Waals surface area contributed by atoms with Crippen molar-refractivity contribution < 1.29 is 0 Å². The van der Waals surface area contributed by atoms with Crippen molar-refractivity contribution in [1.29, 1.82) is 0 Å². The molecule has 0 aliphatic heterocycles. The van der Waals surface area contributed by atoms with E-state index in [0.29, 0.717) is 0 Å². The van der Waals surface area contributed by atoms with E-state index in [2.05, 4.69) is 24.7 Å². The van der Waals surface area contributed by atoms with Gasteiger partial charge in [0.25, 0.3) is 0 Å². The summed E-state index contributed by atoms with van der Waals surface area (Å²) < 4.78 is 2.13. The van der Waals surface area contributed by atoms with E-state index >= 15 is 0 Å². The minimum Gasteiger partial charge on any atom is -0.335 e. The second-order valence-corrected chi connectivity index (χ2v) is 4.17. The SMILES string of the molecule is Cc1nnc(CCCn2ccnc2C)nc1C. The van der Waals surface area contributed by atoms with E-state index < -0.39 is 0 Å². The van der Waals surface area contributed by atoms with E-state index in [1.165, 1.54) is 0 Å². The van der Waals surface area contributed by atoms with E-state index in [1.807, 2.05) is 33.2 Å². The first-order valence-electron chi connectivity index (χ1n) is 5.81. The van der Waals surface area contributed by atoms with Crippen LogP contribution in [0.2, 0.25) is 0 Å². The maximum absolute atomic E-state index is 4.42. The van der Waals surface area contributed by atoms with Gasteiger partial charge in [-0.05, 0) is 27.2 Å². The zero-order valence-electron chi connectivity index (χ0n) is 10.5. The fraction of sp³-hybridized carbons (Fsp3) is 0.500. The van der Waals surface area contributed by atoms with Gasteiger partial charge in [-0.3, -0.25) is 0 Å². The number of nitrogens with zero attached hydrogens (tertiary/aromatic N) is 5. The van der Waals surface area contributed by atoms with Gasteiger partial charge in [0.2, 0.25) is 0 Å². The molecule has 17 heavy (non-hydrogen) atoms. The first-order chi connectivity index (χ1) is 8.16. The zero-order valence-corrected chi connectivity index (χ0v) is 10.5. The van der Waals surface area contributed by atoms with Gasteiger partial charge in [0.1, 0.15) is 5.82 Å². The second-order valence-electron chi connectivity index (χ2n) is 4.17. The summed E-state index contributed by atoms with van der Waals surface area (Å²) in [5, 5.41) is 8.17. The van der Waals surface area contributed by atoms with Crippen LogP contribution in [0.25, 0.3) is 0 Å². The van der Waals surface area contributed by atoms with Crippen molar-refractivity contribution in [2.75, 3.05) is 0 Å². The molecule has 0 aliphatic rings. The van der Waals surface area contributed by atoms with E-state index in [9.17, 15) is 0 Å². The van der Waals surface area contributed by atoms with Crippen molar-refractivity contribution >= 4 is 0 Å². The Morgan fingerprint density at radius 1 is 1.12 bits per heavy atom. The lowest BCUT2D eigenvalue weighted by atomic mass is 10.3. The van der Waals surface area contributed by atoms with Crippen LogP contribution in [-0.2, 0) is 13.0 Å². The Balaban J connectivity index is 1.90. The van der Waals surface area contributed by atoms with Crippen LogP contribution in [0.5, 0.6) is 0 Å². The molecule has 0 atom stereocenters. The number of rotatable bonds is 4. The quantitative estimate of drug-likeness (QED) is 0.802. The lowest BCUT2D eigenvalue weighted by molar-refractivity contribution is 0.606. The molecular weight excluding hydrogens is 214 g/mol. The normalized spacial score (nSPS) is 10.8. The molecule has 0 saturated heterocycles. The molecule has 0 radical (unpaired) electrons. The molecule has 0 aromatic carbocycles. The van der Waals surface area contributed by atoms with Crippen LogP contribution in [0.15, 0.2) is 12.4 Å². The van der Waals surface area contributed by atoms with E-state index in [1.54, 1.807) is 0 Å². The Labute approximate surface area is 101 Å². The molecule has 2 rings (SSSR count). The van der Waals surface area contributed by atoms with Crippen molar-refractivity contribution in [3.05, 3.63) is 35.4 Å². The minimum atomic E-state index is 0.825.